The van der Waals surface area contributed by atoms with Gasteiger partial charge in [0.1, 0.15) is 6.17 Å². The van der Waals surface area contributed by atoms with Crippen LogP contribution in [0.15, 0.2) is 6.07 Å². The van der Waals surface area contributed by atoms with E-state index in [1.807, 2.05) is 6.92 Å². The third-order valence-corrected chi connectivity index (χ3v) is 2.60. The van der Waals surface area contributed by atoms with Crippen molar-refractivity contribution in [3.63, 3.8) is 0 Å². The van der Waals surface area contributed by atoms with Crippen molar-refractivity contribution < 1.29 is 9.18 Å². The average molecular weight is 197 g/mol. The van der Waals surface area contributed by atoms with Gasteiger partial charge in [0.2, 0.25) is 5.91 Å². The van der Waals surface area contributed by atoms with E-state index in [0.717, 1.165) is 5.69 Å². The molecule has 1 aromatic rings. The topological polar surface area (TPSA) is 57.8 Å². The van der Waals surface area contributed by atoms with Gasteiger partial charge in [-0.25, -0.2) is 4.39 Å². The normalized spacial score (nSPS) is 30.1. The number of rotatable bonds is 2. The largest absolute Gasteiger partial charge is 0.309 e. The first kappa shape index (κ1) is 9.18. The Kier molecular flexibility index (Phi) is 1.83. The summed E-state index contributed by atoms with van der Waals surface area (Å²) in [5.41, 5.74) is 0.0189. The standard InChI is InChI=1S/C9H12FN3O/c1-5-3-7(13-12-5)11-8(14)9(2)4-6(9)10/h3,6H,4H2,1-2H3,(H2,11,12,13,14). The van der Waals surface area contributed by atoms with E-state index >= 15 is 0 Å². The zero-order valence-electron chi connectivity index (χ0n) is 8.10. The Balaban J connectivity index is 2.02. The molecule has 0 aromatic carbocycles. The summed E-state index contributed by atoms with van der Waals surface area (Å²) in [6.07, 6.45) is -0.704. The van der Waals surface area contributed by atoms with Gasteiger partial charge in [-0.1, -0.05) is 0 Å². The number of nitrogens with zero attached hydrogens (tertiary/aromatic N) is 1. The van der Waals surface area contributed by atoms with Crippen LogP contribution in [0.3, 0.4) is 0 Å². The molecule has 1 aliphatic rings. The molecule has 1 saturated carbocycles. The molecule has 5 heteroatoms. The third kappa shape index (κ3) is 1.38. The number of aromatic amines is 1. The van der Waals surface area contributed by atoms with E-state index in [4.69, 9.17) is 0 Å². The molecule has 0 spiro atoms. The van der Waals surface area contributed by atoms with E-state index in [0.29, 0.717) is 12.2 Å². The van der Waals surface area contributed by atoms with Crippen molar-refractivity contribution in [2.24, 2.45) is 5.41 Å². The number of aromatic nitrogens is 2. The van der Waals surface area contributed by atoms with Crippen molar-refractivity contribution in [3.8, 4) is 0 Å². The Morgan fingerprint density at radius 2 is 2.50 bits per heavy atom. The van der Waals surface area contributed by atoms with Gasteiger partial charge in [-0.2, -0.15) is 5.10 Å². The minimum atomic E-state index is -1.01. The van der Waals surface area contributed by atoms with Crippen molar-refractivity contribution in [1.29, 1.82) is 0 Å². The van der Waals surface area contributed by atoms with Gasteiger partial charge in [0, 0.05) is 11.8 Å². The summed E-state index contributed by atoms with van der Waals surface area (Å²) in [4.78, 5) is 11.5. The highest BCUT2D eigenvalue weighted by Gasteiger charge is 2.57. The Labute approximate surface area is 80.9 Å². The first-order chi connectivity index (χ1) is 6.52. The van der Waals surface area contributed by atoms with Crippen molar-refractivity contribution in [2.75, 3.05) is 5.32 Å². The molecule has 2 atom stereocenters. The average Bonchev–Trinajstić information content (AvgIpc) is 2.56. The van der Waals surface area contributed by atoms with E-state index in [2.05, 4.69) is 15.5 Å². The van der Waals surface area contributed by atoms with E-state index in [1.165, 1.54) is 0 Å². The molecule has 0 saturated heterocycles. The highest BCUT2D eigenvalue weighted by atomic mass is 19.1. The second kappa shape index (κ2) is 2.80. The lowest BCUT2D eigenvalue weighted by molar-refractivity contribution is -0.121. The SMILES string of the molecule is Cc1cc(NC(=O)C2(C)CC2F)n[nH]1. The van der Waals surface area contributed by atoms with E-state index < -0.39 is 11.6 Å². The van der Waals surface area contributed by atoms with Crippen molar-refractivity contribution in [1.82, 2.24) is 10.2 Å². The van der Waals surface area contributed by atoms with Crippen LogP contribution >= 0.6 is 0 Å². The monoisotopic (exact) mass is 197 g/mol. The summed E-state index contributed by atoms with van der Waals surface area (Å²) in [5, 5.41) is 9.12. The van der Waals surface area contributed by atoms with Gasteiger partial charge in [0.05, 0.1) is 5.41 Å². The molecule has 14 heavy (non-hydrogen) atoms. The maximum atomic E-state index is 12.8. The molecule has 1 amide bonds. The predicted molar refractivity (Wildman–Crippen MR) is 49.6 cm³/mol. The van der Waals surface area contributed by atoms with E-state index in [1.54, 1.807) is 13.0 Å². The Hall–Kier alpha value is -1.39. The fraction of sp³-hybridized carbons (Fsp3) is 0.556. The Bertz CT molecular complexity index is 376. The molecule has 1 aromatic heterocycles. The number of hydrogen-bond acceptors (Lipinski definition) is 2. The number of nitrogens with one attached hydrogen (secondary N) is 2. The van der Waals surface area contributed by atoms with Gasteiger partial charge in [-0.05, 0) is 20.3 Å². The Morgan fingerprint density at radius 1 is 1.86 bits per heavy atom. The van der Waals surface area contributed by atoms with Gasteiger partial charge in [0.25, 0.3) is 0 Å². The van der Waals surface area contributed by atoms with Gasteiger partial charge in [-0.15, -0.1) is 0 Å². The molecule has 4 nitrogen and oxygen atoms in total. The van der Waals surface area contributed by atoms with Crippen molar-refractivity contribution in [3.05, 3.63) is 11.8 Å². The van der Waals surface area contributed by atoms with Gasteiger partial charge >= 0.3 is 0 Å². The number of halogens is 1. The first-order valence-electron chi connectivity index (χ1n) is 4.50. The van der Waals surface area contributed by atoms with Crippen LogP contribution in [0.4, 0.5) is 10.2 Å². The van der Waals surface area contributed by atoms with Crippen LogP contribution in [-0.4, -0.2) is 22.3 Å². The lowest BCUT2D eigenvalue weighted by Gasteiger charge is -2.06. The predicted octanol–water partition coefficient (Wildman–Crippen LogP) is 1.40. The maximum absolute atomic E-state index is 12.8. The van der Waals surface area contributed by atoms with Gasteiger partial charge < -0.3 is 5.32 Å². The van der Waals surface area contributed by atoms with Crippen LogP contribution in [0.1, 0.15) is 19.0 Å². The van der Waals surface area contributed by atoms with Gasteiger partial charge in [-0.3, -0.25) is 9.89 Å². The number of anilines is 1. The molecule has 0 bridgehead atoms. The summed E-state index contributed by atoms with van der Waals surface area (Å²) in [6, 6.07) is 1.71. The zero-order chi connectivity index (χ0) is 10.3. The second-order valence-corrected chi connectivity index (χ2v) is 3.98. The number of carbonyl (C=O) groups is 1. The minimum absolute atomic E-state index is 0.295. The number of hydrogen-bond donors (Lipinski definition) is 2. The lowest BCUT2D eigenvalue weighted by Crippen LogP contribution is -2.23. The smallest absolute Gasteiger partial charge is 0.234 e. The second-order valence-electron chi connectivity index (χ2n) is 3.98. The van der Waals surface area contributed by atoms with Gasteiger partial charge in [0.15, 0.2) is 5.82 Å². The van der Waals surface area contributed by atoms with Crippen LogP contribution in [0.2, 0.25) is 0 Å². The molecule has 1 fully saturated rings. The van der Waals surface area contributed by atoms with Crippen LogP contribution < -0.4 is 5.32 Å². The van der Waals surface area contributed by atoms with E-state index in [-0.39, 0.29) is 5.91 Å². The van der Waals surface area contributed by atoms with Crippen molar-refractivity contribution in [2.45, 2.75) is 26.4 Å². The molecule has 0 aliphatic heterocycles. The molecule has 76 valence electrons. The molecule has 1 aliphatic carbocycles. The zero-order valence-corrected chi connectivity index (χ0v) is 8.10. The number of aryl methyl sites for hydroxylation is 1. The highest BCUT2D eigenvalue weighted by molar-refractivity contribution is 5.97. The number of alkyl halides is 1. The quantitative estimate of drug-likeness (QED) is 0.753. The molecule has 2 rings (SSSR count). The minimum Gasteiger partial charge on any atom is -0.309 e. The van der Waals surface area contributed by atoms with Crippen LogP contribution in [0, 0.1) is 12.3 Å². The number of H-pyrrole nitrogens is 1. The first-order valence-corrected chi connectivity index (χ1v) is 4.50. The lowest BCUT2D eigenvalue weighted by atomic mass is 10.1. The highest BCUT2D eigenvalue weighted by Crippen LogP contribution is 2.48. The summed E-state index contributed by atoms with van der Waals surface area (Å²) < 4.78 is 12.8. The number of carbonyl (C=O) groups excluding carboxylic acids is 1. The summed E-state index contributed by atoms with van der Waals surface area (Å²) in [5.74, 6) is 0.157. The molecular weight excluding hydrogens is 185 g/mol. The maximum Gasteiger partial charge on any atom is 0.234 e. The summed E-state index contributed by atoms with van der Waals surface area (Å²) >= 11 is 0. The van der Waals surface area contributed by atoms with Crippen LogP contribution in [-0.2, 0) is 4.79 Å². The molecular formula is C9H12FN3O. The van der Waals surface area contributed by atoms with Crippen LogP contribution in [0.25, 0.3) is 0 Å². The molecule has 0 radical (unpaired) electrons. The van der Waals surface area contributed by atoms with Crippen molar-refractivity contribution >= 4 is 11.7 Å². The molecule has 2 N–H and O–H groups in total. The van der Waals surface area contributed by atoms with E-state index in [9.17, 15) is 9.18 Å². The third-order valence-electron chi connectivity index (χ3n) is 2.60. The molecule has 1 heterocycles. The Morgan fingerprint density at radius 3 is 2.93 bits per heavy atom. The molecule has 2 unspecified atom stereocenters. The number of amides is 1. The fourth-order valence-electron chi connectivity index (χ4n) is 1.29. The fourth-order valence-corrected chi connectivity index (χ4v) is 1.29. The summed E-state index contributed by atoms with van der Waals surface area (Å²) in [6.45, 7) is 3.45. The van der Waals surface area contributed by atoms with Crippen LogP contribution in [0.5, 0.6) is 0 Å². The summed E-state index contributed by atoms with van der Waals surface area (Å²) in [7, 11) is 0.